The van der Waals surface area contributed by atoms with E-state index in [1.807, 2.05) is 18.1 Å². The number of likely N-dealkylation sites (tertiary alicyclic amines) is 1. The van der Waals surface area contributed by atoms with Crippen LogP contribution in [0.3, 0.4) is 0 Å². The number of amides is 1. The van der Waals surface area contributed by atoms with Crippen molar-refractivity contribution >= 4 is 18.3 Å². The summed E-state index contributed by atoms with van der Waals surface area (Å²) in [6.07, 6.45) is 5.66. The number of rotatable bonds is 2. The lowest BCUT2D eigenvalue weighted by molar-refractivity contribution is 0.0751. The van der Waals surface area contributed by atoms with Crippen molar-refractivity contribution in [2.24, 2.45) is 18.9 Å². The van der Waals surface area contributed by atoms with E-state index in [9.17, 15) is 4.79 Å². The van der Waals surface area contributed by atoms with Crippen LogP contribution < -0.4 is 5.32 Å². The predicted molar refractivity (Wildman–Crippen MR) is 95.7 cm³/mol. The first-order chi connectivity index (χ1) is 11.6. The van der Waals surface area contributed by atoms with Gasteiger partial charge in [-0.05, 0) is 44.7 Å². The molecule has 2 atom stereocenters. The van der Waals surface area contributed by atoms with E-state index in [-0.39, 0.29) is 18.3 Å². The van der Waals surface area contributed by atoms with Crippen molar-refractivity contribution in [1.29, 1.82) is 0 Å². The summed E-state index contributed by atoms with van der Waals surface area (Å²) in [6, 6.07) is 0. The summed E-state index contributed by atoms with van der Waals surface area (Å²) in [5.41, 5.74) is 1.22. The van der Waals surface area contributed by atoms with Crippen LogP contribution >= 0.6 is 12.4 Å². The Morgan fingerprint density at radius 2 is 1.96 bits per heavy atom. The fraction of sp³-hybridized carbons (Fsp3) is 0.588. The number of hydrogen-bond donors (Lipinski definition) is 1. The first-order valence-corrected chi connectivity index (χ1v) is 8.58. The molecule has 4 rings (SSSR count). The Morgan fingerprint density at radius 3 is 2.56 bits per heavy atom. The Bertz CT molecular complexity index is 742. The van der Waals surface area contributed by atoms with Gasteiger partial charge in [-0.2, -0.15) is 5.10 Å². The summed E-state index contributed by atoms with van der Waals surface area (Å²) in [5.74, 6) is 2.42. The van der Waals surface area contributed by atoms with Gasteiger partial charge in [-0.1, -0.05) is 0 Å². The molecule has 136 valence electrons. The third-order valence-electron chi connectivity index (χ3n) is 5.26. The van der Waals surface area contributed by atoms with Crippen molar-refractivity contribution in [3.8, 4) is 11.5 Å². The fourth-order valence-electron chi connectivity index (χ4n) is 3.82. The Kier molecular flexibility index (Phi) is 5.15. The van der Waals surface area contributed by atoms with Gasteiger partial charge in [0.05, 0.1) is 11.8 Å². The molecule has 0 aromatic carbocycles. The van der Waals surface area contributed by atoms with Crippen LogP contribution in [0.1, 0.15) is 29.1 Å². The number of hydrogen-bond acceptors (Lipinski definition) is 5. The van der Waals surface area contributed by atoms with Crippen molar-refractivity contribution in [2.75, 3.05) is 26.2 Å². The van der Waals surface area contributed by atoms with Gasteiger partial charge in [-0.15, -0.1) is 12.4 Å². The molecule has 0 saturated carbocycles. The summed E-state index contributed by atoms with van der Waals surface area (Å²) < 4.78 is 7.40. The molecule has 8 heteroatoms. The molecular formula is C17H24ClN5O2. The van der Waals surface area contributed by atoms with Crippen LogP contribution in [0.4, 0.5) is 0 Å². The number of carbonyl (C=O) groups is 1. The molecule has 2 saturated heterocycles. The molecule has 2 aromatic rings. The summed E-state index contributed by atoms with van der Waals surface area (Å²) in [7, 11) is 1.84. The topological polar surface area (TPSA) is 76.2 Å². The Labute approximate surface area is 153 Å². The number of aryl methyl sites for hydroxylation is 2. The van der Waals surface area contributed by atoms with Crippen molar-refractivity contribution in [2.45, 2.75) is 19.8 Å². The number of halogens is 1. The minimum Gasteiger partial charge on any atom is -0.440 e. The van der Waals surface area contributed by atoms with Gasteiger partial charge in [0.1, 0.15) is 5.76 Å². The SMILES string of the molecule is Cc1oc(-c2cnn(C)c2)nc1C(=O)N1CC[C@@H]2CNC[C@@H]2CC1.Cl. The molecule has 0 unspecified atom stereocenters. The lowest BCUT2D eigenvalue weighted by atomic mass is 9.92. The van der Waals surface area contributed by atoms with Crippen LogP contribution in [0.5, 0.6) is 0 Å². The number of nitrogens with zero attached hydrogens (tertiary/aromatic N) is 4. The van der Waals surface area contributed by atoms with E-state index in [1.165, 1.54) is 0 Å². The van der Waals surface area contributed by atoms with E-state index in [0.717, 1.165) is 44.6 Å². The zero-order chi connectivity index (χ0) is 16.7. The van der Waals surface area contributed by atoms with Crippen LogP contribution in [0.2, 0.25) is 0 Å². The zero-order valence-electron chi connectivity index (χ0n) is 14.6. The number of carbonyl (C=O) groups excluding carboxylic acids is 1. The number of nitrogens with one attached hydrogen (secondary N) is 1. The normalized spacial score (nSPS) is 23.0. The maximum Gasteiger partial charge on any atom is 0.276 e. The molecule has 0 bridgehead atoms. The molecule has 0 radical (unpaired) electrons. The monoisotopic (exact) mass is 365 g/mol. The Balaban J connectivity index is 0.00000182. The summed E-state index contributed by atoms with van der Waals surface area (Å²) in [5, 5.41) is 7.59. The van der Waals surface area contributed by atoms with Crippen molar-refractivity contribution in [3.63, 3.8) is 0 Å². The Hall–Kier alpha value is -1.86. The Morgan fingerprint density at radius 1 is 1.28 bits per heavy atom. The van der Waals surface area contributed by atoms with Crippen molar-refractivity contribution in [3.05, 3.63) is 23.8 Å². The van der Waals surface area contributed by atoms with Crippen LogP contribution in [0.25, 0.3) is 11.5 Å². The number of oxazole rings is 1. The predicted octanol–water partition coefficient (Wildman–Crippen LogP) is 1.88. The second-order valence-corrected chi connectivity index (χ2v) is 6.87. The minimum atomic E-state index is -0.0145. The van der Waals surface area contributed by atoms with Crippen molar-refractivity contribution in [1.82, 2.24) is 25.0 Å². The molecule has 2 aliphatic heterocycles. The highest BCUT2D eigenvalue weighted by atomic mass is 35.5. The zero-order valence-corrected chi connectivity index (χ0v) is 15.4. The smallest absolute Gasteiger partial charge is 0.276 e. The van der Waals surface area contributed by atoms with Gasteiger partial charge < -0.3 is 14.6 Å². The van der Waals surface area contributed by atoms with Gasteiger partial charge in [-0.3, -0.25) is 9.48 Å². The molecule has 1 amide bonds. The minimum absolute atomic E-state index is 0. The average Bonchev–Trinajstić information content (AvgIpc) is 3.25. The fourth-order valence-corrected chi connectivity index (χ4v) is 3.82. The average molecular weight is 366 g/mol. The van der Waals surface area contributed by atoms with E-state index in [4.69, 9.17) is 4.42 Å². The van der Waals surface area contributed by atoms with E-state index < -0.39 is 0 Å². The summed E-state index contributed by atoms with van der Waals surface area (Å²) >= 11 is 0. The standard InChI is InChI=1S/C17H23N5O2.ClH/c1-11-15(20-16(24-11)14-9-19-21(2)10-14)17(23)22-5-3-12-7-18-8-13(12)4-6-22;/h9-10,12-13,18H,3-8H2,1-2H3;1H/t12-,13+;. The third kappa shape index (κ3) is 3.43. The second kappa shape index (κ2) is 7.17. The molecule has 1 N–H and O–H groups in total. The number of fused-ring (bicyclic) bond motifs is 1. The lowest BCUT2D eigenvalue weighted by Gasteiger charge is -2.19. The lowest BCUT2D eigenvalue weighted by Crippen LogP contribution is -2.33. The molecular weight excluding hydrogens is 342 g/mol. The van der Waals surface area contributed by atoms with Crippen LogP contribution in [0.15, 0.2) is 16.8 Å². The summed E-state index contributed by atoms with van der Waals surface area (Å²) in [4.78, 5) is 19.3. The molecule has 2 aromatic heterocycles. The number of aromatic nitrogens is 3. The van der Waals surface area contributed by atoms with Gasteiger partial charge in [0.2, 0.25) is 5.89 Å². The van der Waals surface area contributed by atoms with Gasteiger partial charge in [0.15, 0.2) is 5.69 Å². The van der Waals surface area contributed by atoms with Gasteiger partial charge in [-0.25, -0.2) is 4.98 Å². The van der Waals surface area contributed by atoms with Gasteiger partial charge in [0, 0.05) is 26.3 Å². The van der Waals surface area contributed by atoms with Crippen LogP contribution in [0, 0.1) is 18.8 Å². The molecule has 25 heavy (non-hydrogen) atoms. The molecule has 0 spiro atoms. The second-order valence-electron chi connectivity index (χ2n) is 6.87. The van der Waals surface area contributed by atoms with Gasteiger partial charge >= 0.3 is 0 Å². The highest BCUT2D eigenvalue weighted by molar-refractivity contribution is 5.93. The molecule has 4 heterocycles. The maximum atomic E-state index is 12.9. The quantitative estimate of drug-likeness (QED) is 0.879. The first kappa shape index (κ1) is 17.9. The van der Waals surface area contributed by atoms with Crippen LogP contribution in [-0.4, -0.2) is 51.8 Å². The first-order valence-electron chi connectivity index (χ1n) is 8.58. The molecule has 0 aliphatic carbocycles. The van der Waals surface area contributed by atoms with E-state index in [2.05, 4.69) is 15.4 Å². The van der Waals surface area contributed by atoms with E-state index >= 15 is 0 Å². The highest BCUT2D eigenvalue weighted by Crippen LogP contribution is 2.28. The van der Waals surface area contributed by atoms with Crippen molar-refractivity contribution < 1.29 is 9.21 Å². The summed E-state index contributed by atoms with van der Waals surface area (Å²) in [6.45, 7) is 5.57. The van der Waals surface area contributed by atoms with E-state index in [0.29, 0.717) is 29.2 Å². The van der Waals surface area contributed by atoms with Crippen LogP contribution in [-0.2, 0) is 7.05 Å². The van der Waals surface area contributed by atoms with E-state index in [1.54, 1.807) is 17.8 Å². The van der Waals surface area contributed by atoms with Gasteiger partial charge in [0.25, 0.3) is 5.91 Å². The molecule has 7 nitrogen and oxygen atoms in total. The maximum absolute atomic E-state index is 12.9. The molecule has 2 aliphatic rings. The largest absolute Gasteiger partial charge is 0.440 e. The third-order valence-corrected chi connectivity index (χ3v) is 5.26. The molecule has 2 fully saturated rings. The highest BCUT2D eigenvalue weighted by Gasteiger charge is 2.33.